The van der Waals surface area contributed by atoms with Crippen molar-refractivity contribution in [3.63, 3.8) is 0 Å². The molecule has 2 aromatic carbocycles. The molecule has 144 valence electrons. The van der Waals surface area contributed by atoms with Crippen molar-refractivity contribution in [3.05, 3.63) is 59.7 Å². The Bertz CT molecular complexity index is 720. The van der Waals surface area contributed by atoms with Crippen molar-refractivity contribution in [2.45, 2.75) is 13.3 Å². The molecule has 0 N–H and O–H groups in total. The number of hydrogen-bond acceptors (Lipinski definition) is 4. The van der Waals surface area contributed by atoms with E-state index < -0.39 is 0 Å². The van der Waals surface area contributed by atoms with Gasteiger partial charge in [0.1, 0.15) is 11.5 Å². The molecule has 0 atom stereocenters. The number of nitrogens with zero attached hydrogens (tertiary/aromatic N) is 2. The number of hydrogen-bond donors (Lipinski definition) is 0. The van der Waals surface area contributed by atoms with E-state index in [2.05, 4.69) is 17.0 Å². The zero-order valence-corrected chi connectivity index (χ0v) is 16.2. The summed E-state index contributed by atoms with van der Waals surface area (Å²) < 4.78 is 10.8. The van der Waals surface area contributed by atoms with Crippen molar-refractivity contribution in [2.75, 3.05) is 46.4 Å². The van der Waals surface area contributed by atoms with Gasteiger partial charge in [0.2, 0.25) is 0 Å². The Kier molecular flexibility index (Phi) is 6.71. The van der Waals surface area contributed by atoms with Crippen LogP contribution in [0.4, 0.5) is 0 Å². The molecule has 0 bridgehead atoms. The first-order valence-electron chi connectivity index (χ1n) is 9.46. The molecule has 0 aromatic heterocycles. The van der Waals surface area contributed by atoms with Crippen LogP contribution in [0.15, 0.2) is 48.5 Å². The lowest BCUT2D eigenvalue weighted by atomic mass is 10.1. The van der Waals surface area contributed by atoms with E-state index in [9.17, 15) is 4.79 Å². The van der Waals surface area contributed by atoms with Crippen molar-refractivity contribution in [1.29, 1.82) is 0 Å². The van der Waals surface area contributed by atoms with Crippen LogP contribution in [0.2, 0.25) is 0 Å². The summed E-state index contributed by atoms with van der Waals surface area (Å²) in [6, 6.07) is 16.0. The minimum atomic E-state index is 0.0605. The summed E-state index contributed by atoms with van der Waals surface area (Å²) in [5.74, 6) is 1.69. The smallest absolute Gasteiger partial charge is 0.260 e. The lowest BCUT2D eigenvalue weighted by Crippen LogP contribution is -2.50. The van der Waals surface area contributed by atoms with E-state index >= 15 is 0 Å². The Morgan fingerprint density at radius 2 is 1.56 bits per heavy atom. The molecule has 1 saturated heterocycles. The minimum Gasteiger partial charge on any atom is -0.497 e. The van der Waals surface area contributed by atoms with Crippen molar-refractivity contribution < 1.29 is 14.3 Å². The second kappa shape index (κ2) is 9.42. The molecule has 1 fully saturated rings. The molecule has 0 spiro atoms. The van der Waals surface area contributed by atoms with Crippen LogP contribution in [0, 0.1) is 6.92 Å². The molecular weight excluding hydrogens is 340 g/mol. The van der Waals surface area contributed by atoms with Gasteiger partial charge in [-0.2, -0.15) is 0 Å². The summed E-state index contributed by atoms with van der Waals surface area (Å²) in [4.78, 5) is 16.7. The molecule has 1 heterocycles. The Labute approximate surface area is 161 Å². The van der Waals surface area contributed by atoms with Crippen LogP contribution in [0.5, 0.6) is 11.5 Å². The molecule has 5 nitrogen and oxygen atoms in total. The first kappa shape index (κ1) is 19.2. The van der Waals surface area contributed by atoms with Gasteiger partial charge in [0.25, 0.3) is 5.91 Å². The van der Waals surface area contributed by atoms with E-state index in [1.807, 2.05) is 48.2 Å². The van der Waals surface area contributed by atoms with E-state index in [1.165, 1.54) is 11.1 Å². The third-order valence-corrected chi connectivity index (χ3v) is 4.98. The topological polar surface area (TPSA) is 42.0 Å². The summed E-state index contributed by atoms with van der Waals surface area (Å²) in [6.07, 6.45) is 1.01. The lowest BCUT2D eigenvalue weighted by molar-refractivity contribution is -0.135. The van der Waals surface area contributed by atoms with Gasteiger partial charge in [0, 0.05) is 32.7 Å². The van der Waals surface area contributed by atoms with Gasteiger partial charge in [-0.05, 0) is 43.2 Å². The number of aryl methyl sites for hydroxylation is 1. The Balaban J connectivity index is 1.37. The third-order valence-electron chi connectivity index (χ3n) is 4.98. The molecular formula is C22H28N2O3. The summed E-state index contributed by atoms with van der Waals surface area (Å²) in [5, 5.41) is 0. The van der Waals surface area contributed by atoms with Crippen LogP contribution in [0.1, 0.15) is 11.1 Å². The van der Waals surface area contributed by atoms with Gasteiger partial charge < -0.3 is 14.4 Å². The molecule has 0 unspecified atom stereocenters. The first-order valence-corrected chi connectivity index (χ1v) is 9.46. The zero-order chi connectivity index (χ0) is 19.1. The normalized spacial score (nSPS) is 14.8. The van der Waals surface area contributed by atoms with Gasteiger partial charge in [-0.1, -0.05) is 29.8 Å². The van der Waals surface area contributed by atoms with Crippen molar-refractivity contribution >= 4 is 5.91 Å². The van der Waals surface area contributed by atoms with Crippen molar-refractivity contribution in [1.82, 2.24) is 9.80 Å². The number of amides is 1. The zero-order valence-electron chi connectivity index (χ0n) is 16.2. The first-order chi connectivity index (χ1) is 13.1. The molecule has 2 aromatic rings. The highest BCUT2D eigenvalue weighted by molar-refractivity contribution is 5.77. The van der Waals surface area contributed by atoms with Crippen LogP contribution in [0.3, 0.4) is 0 Å². The number of carbonyl (C=O) groups excluding carboxylic acids is 1. The number of methoxy groups -OCH3 is 1. The monoisotopic (exact) mass is 368 g/mol. The highest BCUT2D eigenvalue weighted by Crippen LogP contribution is 2.13. The number of piperazine rings is 1. The van der Waals surface area contributed by atoms with Crippen LogP contribution in [0.25, 0.3) is 0 Å². The molecule has 27 heavy (non-hydrogen) atoms. The number of ether oxygens (including phenoxy) is 2. The predicted octanol–water partition coefficient (Wildman–Crippen LogP) is 2.77. The van der Waals surface area contributed by atoms with E-state index in [0.29, 0.717) is 0 Å². The Morgan fingerprint density at radius 1 is 0.926 bits per heavy atom. The lowest BCUT2D eigenvalue weighted by Gasteiger charge is -2.34. The maximum absolute atomic E-state index is 12.4. The molecule has 1 aliphatic heterocycles. The second-order valence-electron chi connectivity index (χ2n) is 6.92. The highest BCUT2D eigenvalue weighted by Gasteiger charge is 2.21. The van der Waals surface area contributed by atoms with Gasteiger partial charge in [-0.25, -0.2) is 0 Å². The molecule has 0 radical (unpaired) electrons. The van der Waals surface area contributed by atoms with Crippen molar-refractivity contribution in [2.24, 2.45) is 0 Å². The van der Waals surface area contributed by atoms with E-state index in [1.54, 1.807) is 7.11 Å². The van der Waals surface area contributed by atoms with Crippen LogP contribution >= 0.6 is 0 Å². The Hall–Kier alpha value is -2.53. The van der Waals surface area contributed by atoms with E-state index in [0.717, 1.165) is 50.6 Å². The highest BCUT2D eigenvalue weighted by atomic mass is 16.5. The molecule has 0 saturated carbocycles. The number of rotatable bonds is 7. The molecule has 3 rings (SSSR count). The summed E-state index contributed by atoms with van der Waals surface area (Å²) in [6.45, 7) is 6.49. The van der Waals surface area contributed by atoms with E-state index in [4.69, 9.17) is 9.47 Å². The average Bonchev–Trinajstić information content (AvgIpc) is 2.72. The number of carbonyl (C=O) groups is 1. The third kappa shape index (κ3) is 5.73. The molecule has 1 aliphatic rings. The second-order valence-corrected chi connectivity index (χ2v) is 6.92. The summed E-state index contributed by atoms with van der Waals surface area (Å²) in [7, 11) is 1.68. The molecule has 5 heteroatoms. The van der Waals surface area contributed by atoms with E-state index in [-0.39, 0.29) is 12.5 Å². The maximum Gasteiger partial charge on any atom is 0.260 e. The fourth-order valence-electron chi connectivity index (χ4n) is 3.17. The fraction of sp³-hybridized carbons (Fsp3) is 0.409. The SMILES string of the molecule is COc1ccc(CCN2CCN(C(=O)COc3ccc(C)cc3)CC2)cc1. The molecule has 0 aliphatic carbocycles. The standard InChI is InChI=1S/C22H28N2O3/c1-18-3-7-21(8-4-18)27-17-22(25)24-15-13-23(14-16-24)12-11-19-5-9-20(26-2)10-6-19/h3-10H,11-17H2,1-2H3. The van der Waals surface area contributed by atoms with Gasteiger partial charge >= 0.3 is 0 Å². The van der Waals surface area contributed by atoms with Crippen LogP contribution in [-0.2, 0) is 11.2 Å². The Morgan fingerprint density at radius 3 is 2.19 bits per heavy atom. The van der Waals surface area contributed by atoms with Gasteiger partial charge in [-0.3, -0.25) is 9.69 Å². The average molecular weight is 368 g/mol. The maximum atomic E-state index is 12.4. The summed E-state index contributed by atoms with van der Waals surface area (Å²) in [5.41, 5.74) is 2.49. The van der Waals surface area contributed by atoms with Crippen LogP contribution < -0.4 is 9.47 Å². The number of benzene rings is 2. The van der Waals surface area contributed by atoms with Crippen LogP contribution in [-0.4, -0.2) is 62.1 Å². The van der Waals surface area contributed by atoms with Gasteiger partial charge in [0.15, 0.2) is 6.61 Å². The van der Waals surface area contributed by atoms with Gasteiger partial charge in [0.05, 0.1) is 7.11 Å². The fourth-order valence-corrected chi connectivity index (χ4v) is 3.17. The van der Waals surface area contributed by atoms with Gasteiger partial charge in [-0.15, -0.1) is 0 Å². The molecule has 1 amide bonds. The predicted molar refractivity (Wildman–Crippen MR) is 106 cm³/mol. The van der Waals surface area contributed by atoms with Crippen molar-refractivity contribution in [3.8, 4) is 11.5 Å². The quantitative estimate of drug-likeness (QED) is 0.754. The summed E-state index contributed by atoms with van der Waals surface area (Å²) >= 11 is 0. The largest absolute Gasteiger partial charge is 0.497 e. The minimum absolute atomic E-state index is 0.0605.